The molecule has 1 aromatic carbocycles. The summed E-state index contributed by atoms with van der Waals surface area (Å²) in [6.45, 7) is 6.85. The van der Waals surface area contributed by atoms with Crippen molar-refractivity contribution in [3.63, 3.8) is 0 Å². The van der Waals surface area contributed by atoms with Crippen LogP contribution in [0.3, 0.4) is 0 Å². The van der Waals surface area contributed by atoms with Gasteiger partial charge in [0.25, 0.3) is 0 Å². The van der Waals surface area contributed by atoms with E-state index in [4.69, 9.17) is 4.74 Å². The van der Waals surface area contributed by atoms with Gasteiger partial charge in [-0.3, -0.25) is 4.90 Å². The van der Waals surface area contributed by atoms with E-state index in [9.17, 15) is 13.5 Å². The third-order valence-electron chi connectivity index (χ3n) is 5.61. The van der Waals surface area contributed by atoms with Gasteiger partial charge in [0.15, 0.2) is 0 Å². The number of aliphatic hydroxyl groups is 1. The van der Waals surface area contributed by atoms with Crippen molar-refractivity contribution in [2.75, 3.05) is 26.7 Å². The number of aliphatic hydroxyl groups excluding tert-OH is 1. The Morgan fingerprint density at radius 1 is 1.34 bits per heavy atom. The molecule has 0 saturated heterocycles. The highest BCUT2D eigenvalue weighted by Crippen LogP contribution is 2.34. The van der Waals surface area contributed by atoms with E-state index in [1.165, 1.54) is 10.6 Å². The number of rotatable bonds is 7. The standard InChI is InChI=1S/C23H32N4O4S/c1-5-6-19-7-8-23-21(9-19)31-22(14-26(4)13-20-10-24-16-25-11-20)17(2)12-27(18(3)15-28)32(23,29)30/h5-11,16-18,22,28H,12-15H2,1-4H3/b6-5+/t17-,18+,22+/m0/s1. The molecule has 0 fully saturated rings. The minimum Gasteiger partial charge on any atom is -0.487 e. The Morgan fingerprint density at radius 2 is 2.06 bits per heavy atom. The van der Waals surface area contributed by atoms with Crippen LogP contribution in [-0.4, -0.2) is 71.6 Å². The monoisotopic (exact) mass is 460 g/mol. The zero-order chi connectivity index (χ0) is 23.3. The Hall–Kier alpha value is -2.33. The van der Waals surface area contributed by atoms with Gasteiger partial charge in [-0.15, -0.1) is 0 Å². The van der Waals surface area contributed by atoms with Crippen molar-refractivity contribution in [1.82, 2.24) is 19.2 Å². The van der Waals surface area contributed by atoms with Gasteiger partial charge in [-0.1, -0.05) is 25.1 Å². The zero-order valence-electron chi connectivity index (χ0n) is 19.0. The molecule has 3 atom stereocenters. The summed E-state index contributed by atoms with van der Waals surface area (Å²) in [4.78, 5) is 10.4. The molecule has 1 aliphatic heterocycles. The molecule has 0 unspecified atom stereocenters. The second-order valence-corrected chi connectivity index (χ2v) is 10.2. The van der Waals surface area contributed by atoms with Gasteiger partial charge in [0.05, 0.1) is 6.61 Å². The lowest BCUT2D eigenvalue weighted by Gasteiger charge is -2.37. The van der Waals surface area contributed by atoms with Crippen LogP contribution in [0.1, 0.15) is 31.9 Å². The second-order valence-electron chi connectivity index (χ2n) is 8.39. The molecule has 0 radical (unpaired) electrons. The number of benzene rings is 1. The van der Waals surface area contributed by atoms with Crippen molar-refractivity contribution in [2.24, 2.45) is 5.92 Å². The lowest BCUT2D eigenvalue weighted by molar-refractivity contribution is 0.0733. The number of allylic oxidation sites excluding steroid dienone is 1. The quantitative estimate of drug-likeness (QED) is 0.678. The van der Waals surface area contributed by atoms with E-state index in [1.807, 2.05) is 33.0 Å². The van der Waals surface area contributed by atoms with E-state index in [0.29, 0.717) is 18.8 Å². The first-order valence-electron chi connectivity index (χ1n) is 10.7. The Bertz CT molecular complexity index is 1030. The van der Waals surface area contributed by atoms with E-state index in [2.05, 4.69) is 14.9 Å². The molecule has 0 aliphatic carbocycles. The topological polar surface area (TPSA) is 95.9 Å². The summed E-state index contributed by atoms with van der Waals surface area (Å²) in [7, 11) is -1.83. The summed E-state index contributed by atoms with van der Waals surface area (Å²) in [6.07, 6.45) is 8.61. The number of nitrogens with zero attached hydrogens (tertiary/aromatic N) is 4. The highest BCUT2D eigenvalue weighted by molar-refractivity contribution is 7.89. The van der Waals surface area contributed by atoms with Crippen LogP contribution < -0.4 is 4.74 Å². The number of hydrogen-bond acceptors (Lipinski definition) is 7. The van der Waals surface area contributed by atoms with Crippen LogP contribution in [0.15, 0.2) is 47.9 Å². The molecule has 0 amide bonds. The van der Waals surface area contributed by atoms with E-state index in [-0.39, 0.29) is 30.1 Å². The van der Waals surface area contributed by atoms with Gasteiger partial charge in [-0.25, -0.2) is 18.4 Å². The van der Waals surface area contributed by atoms with Gasteiger partial charge < -0.3 is 9.84 Å². The van der Waals surface area contributed by atoms with Gasteiger partial charge in [0.2, 0.25) is 10.0 Å². The van der Waals surface area contributed by atoms with Crippen LogP contribution in [-0.2, 0) is 16.6 Å². The van der Waals surface area contributed by atoms with E-state index >= 15 is 0 Å². The normalized spacial score (nSPS) is 22.2. The highest BCUT2D eigenvalue weighted by atomic mass is 32.2. The summed E-state index contributed by atoms with van der Waals surface area (Å²) in [5.41, 5.74) is 1.85. The molecule has 0 saturated carbocycles. The van der Waals surface area contributed by atoms with Crippen LogP contribution in [0.25, 0.3) is 6.08 Å². The first-order valence-corrected chi connectivity index (χ1v) is 12.2. The van der Waals surface area contributed by atoms with Gasteiger partial charge in [0.1, 0.15) is 23.1 Å². The van der Waals surface area contributed by atoms with Crippen molar-refractivity contribution in [3.8, 4) is 5.75 Å². The van der Waals surface area contributed by atoms with Gasteiger partial charge >= 0.3 is 0 Å². The third kappa shape index (κ3) is 5.53. The first-order chi connectivity index (χ1) is 15.3. The van der Waals surface area contributed by atoms with Crippen LogP contribution in [0.2, 0.25) is 0 Å². The van der Waals surface area contributed by atoms with Crippen LogP contribution in [0, 0.1) is 5.92 Å². The fourth-order valence-electron chi connectivity index (χ4n) is 3.85. The molecule has 1 aliphatic rings. The summed E-state index contributed by atoms with van der Waals surface area (Å²) in [5.74, 6) is 0.232. The SMILES string of the molecule is C/C=C/c1ccc2c(c1)O[C@H](CN(C)Cc1cncnc1)[C@@H](C)CN([C@H](C)CO)S2(=O)=O. The molecule has 1 N–H and O–H groups in total. The molecular weight excluding hydrogens is 428 g/mol. The molecule has 2 aromatic rings. The van der Waals surface area contributed by atoms with Gasteiger partial charge in [0, 0.05) is 49.6 Å². The largest absolute Gasteiger partial charge is 0.487 e. The molecule has 32 heavy (non-hydrogen) atoms. The van der Waals surface area contributed by atoms with Gasteiger partial charge in [-0.05, 0) is 38.6 Å². The Morgan fingerprint density at radius 3 is 2.72 bits per heavy atom. The van der Waals surface area contributed by atoms with Crippen molar-refractivity contribution < 1.29 is 18.3 Å². The minimum atomic E-state index is -3.82. The third-order valence-corrected chi connectivity index (χ3v) is 7.63. The zero-order valence-corrected chi connectivity index (χ0v) is 19.9. The van der Waals surface area contributed by atoms with E-state index in [0.717, 1.165) is 11.1 Å². The van der Waals surface area contributed by atoms with E-state index in [1.54, 1.807) is 37.5 Å². The summed E-state index contributed by atoms with van der Waals surface area (Å²) >= 11 is 0. The first kappa shape index (κ1) is 24.3. The van der Waals surface area contributed by atoms with Crippen molar-refractivity contribution in [3.05, 3.63) is 54.1 Å². The lowest BCUT2D eigenvalue weighted by atomic mass is 10.0. The van der Waals surface area contributed by atoms with Crippen molar-refractivity contribution in [1.29, 1.82) is 0 Å². The summed E-state index contributed by atoms with van der Waals surface area (Å²) in [5, 5.41) is 9.74. The van der Waals surface area contributed by atoms with Crippen molar-refractivity contribution in [2.45, 2.75) is 44.4 Å². The predicted octanol–water partition coefficient (Wildman–Crippen LogP) is 2.41. The smallest absolute Gasteiger partial charge is 0.247 e. The maximum absolute atomic E-state index is 13.5. The molecular formula is C23H32N4O4S. The molecule has 0 bridgehead atoms. The molecule has 2 heterocycles. The van der Waals surface area contributed by atoms with E-state index < -0.39 is 16.1 Å². The Labute approximate surface area is 190 Å². The molecule has 3 rings (SSSR count). The minimum absolute atomic E-state index is 0.105. The maximum atomic E-state index is 13.5. The fourth-order valence-corrected chi connectivity index (χ4v) is 5.68. The second kappa shape index (κ2) is 10.5. The lowest BCUT2D eigenvalue weighted by Crippen LogP contribution is -2.49. The molecule has 0 spiro atoms. The van der Waals surface area contributed by atoms with Crippen molar-refractivity contribution >= 4 is 16.1 Å². The maximum Gasteiger partial charge on any atom is 0.247 e. The van der Waals surface area contributed by atoms with Crippen LogP contribution >= 0.6 is 0 Å². The molecule has 1 aromatic heterocycles. The predicted molar refractivity (Wildman–Crippen MR) is 124 cm³/mol. The fraction of sp³-hybridized carbons (Fsp3) is 0.478. The highest BCUT2D eigenvalue weighted by Gasteiger charge is 2.38. The number of fused-ring (bicyclic) bond motifs is 1. The number of ether oxygens (including phenoxy) is 1. The molecule has 9 heteroatoms. The molecule has 174 valence electrons. The average Bonchev–Trinajstić information content (AvgIpc) is 2.76. The Kier molecular flexibility index (Phi) is 8.00. The average molecular weight is 461 g/mol. The van der Waals surface area contributed by atoms with Gasteiger partial charge in [-0.2, -0.15) is 4.31 Å². The summed E-state index contributed by atoms with van der Waals surface area (Å²) in [6, 6.07) is 4.59. The number of likely N-dealkylation sites (N-methyl/N-ethyl adjacent to an activating group) is 1. The number of hydrogen-bond donors (Lipinski definition) is 1. The number of aromatic nitrogens is 2. The van der Waals surface area contributed by atoms with Crippen LogP contribution in [0.5, 0.6) is 5.75 Å². The molecule has 8 nitrogen and oxygen atoms in total. The summed E-state index contributed by atoms with van der Waals surface area (Å²) < 4.78 is 34.7. The van der Waals surface area contributed by atoms with Crippen LogP contribution in [0.4, 0.5) is 0 Å². The Balaban J connectivity index is 1.97. The number of sulfonamides is 1.